The minimum absolute atomic E-state index is 0.207. The van der Waals surface area contributed by atoms with Crippen molar-refractivity contribution < 1.29 is 13.2 Å². The zero-order valence-corrected chi connectivity index (χ0v) is 12.2. The Morgan fingerprint density at radius 2 is 2.00 bits per heavy atom. The number of ether oxygens (including phenoxy) is 1. The van der Waals surface area contributed by atoms with Crippen molar-refractivity contribution in [2.75, 3.05) is 24.2 Å². The quantitative estimate of drug-likeness (QED) is 0.939. The molecule has 0 atom stereocenters. The van der Waals surface area contributed by atoms with Crippen molar-refractivity contribution in [3.05, 3.63) is 35.7 Å². The first kappa shape index (κ1) is 13.7. The number of anilines is 2. The molecule has 0 aliphatic carbocycles. The van der Waals surface area contributed by atoms with E-state index in [0.29, 0.717) is 17.1 Å². The van der Waals surface area contributed by atoms with Crippen LogP contribution < -0.4 is 14.8 Å². The lowest BCUT2D eigenvalue weighted by atomic mass is 10.3. The van der Waals surface area contributed by atoms with Crippen LogP contribution >= 0.6 is 11.3 Å². The van der Waals surface area contributed by atoms with Gasteiger partial charge in [-0.1, -0.05) is 12.1 Å². The number of nitrogens with zero attached hydrogens (tertiary/aromatic N) is 1. The van der Waals surface area contributed by atoms with Crippen molar-refractivity contribution >= 4 is 32.7 Å². The highest BCUT2D eigenvalue weighted by atomic mass is 32.2. The Morgan fingerprint density at radius 1 is 1.32 bits per heavy atom. The molecule has 2 rings (SSSR count). The number of thiophene rings is 1. The topological polar surface area (TPSA) is 72.6 Å². The number of rotatable bonds is 4. The van der Waals surface area contributed by atoms with E-state index in [1.165, 1.54) is 24.5 Å². The summed E-state index contributed by atoms with van der Waals surface area (Å²) in [6, 6.07) is 8.39. The number of hydrogen-bond donors (Lipinski definition) is 1. The normalized spacial score (nSPS) is 11.3. The molecule has 0 bridgehead atoms. The summed E-state index contributed by atoms with van der Waals surface area (Å²) < 4.78 is 31.5. The average Bonchev–Trinajstić information content (AvgIpc) is 2.85. The maximum atomic E-state index is 12.4. The molecule has 2 aromatic rings. The maximum absolute atomic E-state index is 12.4. The highest BCUT2D eigenvalue weighted by Gasteiger charge is 2.25. The van der Waals surface area contributed by atoms with Gasteiger partial charge in [-0.05, 0) is 18.2 Å². The van der Waals surface area contributed by atoms with Gasteiger partial charge in [0.2, 0.25) is 0 Å². The lowest BCUT2D eigenvalue weighted by Crippen LogP contribution is -2.26. The Hall–Kier alpha value is -1.73. The van der Waals surface area contributed by atoms with E-state index in [1.54, 1.807) is 29.6 Å². The Morgan fingerprint density at radius 3 is 2.58 bits per heavy atom. The number of nitrogen functional groups attached to an aromatic ring is 1. The summed E-state index contributed by atoms with van der Waals surface area (Å²) in [7, 11) is -0.620. The van der Waals surface area contributed by atoms with Gasteiger partial charge in [0.15, 0.2) is 0 Å². The Labute approximate surface area is 116 Å². The van der Waals surface area contributed by atoms with Crippen LogP contribution in [0.1, 0.15) is 0 Å². The third-order valence-corrected chi connectivity index (χ3v) is 5.84. The van der Waals surface area contributed by atoms with Crippen molar-refractivity contribution in [1.29, 1.82) is 0 Å². The molecule has 0 saturated heterocycles. The molecule has 1 aromatic heterocycles. The Bertz CT molecular complexity index is 680. The van der Waals surface area contributed by atoms with Crippen LogP contribution in [0, 0.1) is 0 Å². The fourth-order valence-corrected chi connectivity index (χ4v) is 4.08. The number of hydrogen-bond acceptors (Lipinski definition) is 5. The SMILES string of the molecule is COc1ccccc1N(C)S(=O)(=O)c1cc(N)cs1. The summed E-state index contributed by atoms with van der Waals surface area (Å²) in [6.07, 6.45) is 0. The standard InChI is InChI=1S/C12H14N2O3S2/c1-14(10-5-3-4-6-11(10)17-2)19(15,16)12-7-9(13)8-18-12/h3-8H,13H2,1-2H3. The van der Waals surface area contributed by atoms with E-state index in [9.17, 15) is 8.42 Å². The van der Waals surface area contributed by atoms with E-state index in [4.69, 9.17) is 10.5 Å². The number of benzene rings is 1. The lowest BCUT2D eigenvalue weighted by molar-refractivity contribution is 0.416. The molecule has 0 aliphatic heterocycles. The predicted octanol–water partition coefficient (Wildman–Crippen LogP) is 2.16. The van der Waals surface area contributed by atoms with Crippen LogP contribution in [0.25, 0.3) is 0 Å². The molecule has 0 saturated carbocycles. The van der Waals surface area contributed by atoms with Gasteiger partial charge in [-0.2, -0.15) is 0 Å². The first-order valence-electron chi connectivity index (χ1n) is 5.43. The van der Waals surface area contributed by atoms with Crippen LogP contribution in [0.15, 0.2) is 39.9 Å². The molecule has 19 heavy (non-hydrogen) atoms. The van der Waals surface area contributed by atoms with Gasteiger partial charge in [-0.15, -0.1) is 11.3 Å². The smallest absolute Gasteiger partial charge is 0.273 e. The third kappa shape index (κ3) is 2.52. The fraction of sp³-hybridized carbons (Fsp3) is 0.167. The highest BCUT2D eigenvalue weighted by Crippen LogP contribution is 2.33. The number of nitrogens with two attached hydrogens (primary N) is 1. The molecular weight excluding hydrogens is 284 g/mol. The number of sulfonamides is 1. The van der Waals surface area contributed by atoms with Crippen LogP contribution in [0.2, 0.25) is 0 Å². The van der Waals surface area contributed by atoms with Gasteiger partial charge in [-0.25, -0.2) is 8.42 Å². The zero-order valence-electron chi connectivity index (χ0n) is 10.5. The Balaban J connectivity index is 2.46. The van der Waals surface area contributed by atoms with Crippen LogP contribution in [0.3, 0.4) is 0 Å². The van der Waals surface area contributed by atoms with Crippen molar-refractivity contribution in [3.8, 4) is 5.75 Å². The average molecular weight is 298 g/mol. The van der Waals surface area contributed by atoms with Crippen LogP contribution in [-0.2, 0) is 10.0 Å². The van der Waals surface area contributed by atoms with Crippen LogP contribution in [0.4, 0.5) is 11.4 Å². The van der Waals surface area contributed by atoms with Gasteiger partial charge in [0.25, 0.3) is 10.0 Å². The molecule has 102 valence electrons. The summed E-state index contributed by atoms with van der Waals surface area (Å²) in [5.74, 6) is 0.498. The molecule has 5 nitrogen and oxygen atoms in total. The molecular formula is C12H14N2O3S2. The molecule has 0 radical (unpaired) electrons. The molecule has 0 fully saturated rings. The van der Waals surface area contributed by atoms with Gasteiger partial charge < -0.3 is 10.5 Å². The first-order chi connectivity index (χ1) is 8.96. The van der Waals surface area contributed by atoms with Crippen molar-refractivity contribution in [2.45, 2.75) is 4.21 Å². The van der Waals surface area contributed by atoms with E-state index < -0.39 is 10.0 Å². The minimum atomic E-state index is -3.61. The van der Waals surface area contributed by atoms with Crippen molar-refractivity contribution in [3.63, 3.8) is 0 Å². The second kappa shape index (κ2) is 5.10. The monoisotopic (exact) mass is 298 g/mol. The van der Waals surface area contributed by atoms with Gasteiger partial charge in [-0.3, -0.25) is 4.31 Å². The molecule has 0 aliphatic rings. The minimum Gasteiger partial charge on any atom is -0.495 e. The van der Waals surface area contributed by atoms with Crippen LogP contribution in [-0.4, -0.2) is 22.6 Å². The predicted molar refractivity (Wildman–Crippen MR) is 77.3 cm³/mol. The van der Waals surface area contributed by atoms with E-state index in [2.05, 4.69) is 0 Å². The van der Waals surface area contributed by atoms with Gasteiger partial charge in [0, 0.05) is 18.1 Å². The summed E-state index contributed by atoms with van der Waals surface area (Å²) in [5.41, 5.74) is 6.50. The second-order valence-corrected chi connectivity index (χ2v) is 6.95. The highest BCUT2D eigenvalue weighted by molar-refractivity contribution is 7.94. The van der Waals surface area contributed by atoms with Crippen LogP contribution in [0.5, 0.6) is 5.75 Å². The number of methoxy groups -OCH3 is 1. The van der Waals surface area contributed by atoms with E-state index in [1.807, 2.05) is 0 Å². The van der Waals surface area contributed by atoms with Crippen molar-refractivity contribution in [1.82, 2.24) is 0 Å². The van der Waals surface area contributed by atoms with E-state index >= 15 is 0 Å². The van der Waals surface area contributed by atoms with Gasteiger partial charge in [0.05, 0.1) is 12.8 Å². The van der Waals surface area contributed by atoms with Crippen molar-refractivity contribution in [2.24, 2.45) is 0 Å². The first-order valence-corrected chi connectivity index (χ1v) is 7.74. The lowest BCUT2D eigenvalue weighted by Gasteiger charge is -2.20. The van der Waals surface area contributed by atoms with Gasteiger partial charge in [0.1, 0.15) is 9.96 Å². The molecule has 1 heterocycles. The molecule has 1 aromatic carbocycles. The van der Waals surface area contributed by atoms with E-state index in [0.717, 1.165) is 11.3 Å². The Kier molecular flexibility index (Phi) is 3.68. The summed E-state index contributed by atoms with van der Waals surface area (Å²) in [5, 5.41) is 1.60. The second-order valence-electron chi connectivity index (χ2n) is 3.84. The van der Waals surface area contributed by atoms with E-state index in [-0.39, 0.29) is 4.21 Å². The molecule has 0 unspecified atom stereocenters. The third-order valence-electron chi connectivity index (χ3n) is 2.63. The molecule has 0 spiro atoms. The summed E-state index contributed by atoms with van der Waals surface area (Å²) in [6.45, 7) is 0. The molecule has 2 N–H and O–H groups in total. The number of para-hydroxylation sites is 2. The zero-order chi connectivity index (χ0) is 14.0. The summed E-state index contributed by atoms with van der Waals surface area (Å²) >= 11 is 1.10. The van der Waals surface area contributed by atoms with Gasteiger partial charge >= 0.3 is 0 Å². The molecule has 0 amide bonds. The fourth-order valence-electron chi connectivity index (χ4n) is 1.62. The maximum Gasteiger partial charge on any atom is 0.273 e. The largest absolute Gasteiger partial charge is 0.495 e. The molecule has 7 heteroatoms. The summed E-state index contributed by atoms with van der Waals surface area (Å²) in [4.78, 5) is 0.